The third kappa shape index (κ3) is 4.30. The number of aliphatic hydroxyl groups is 1. The first-order chi connectivity index (χ1) is 7.53. The normalized spacial score (nSPS) is 17.9. The van der Waals surface area contributed by atoms with Gasteiger partial charge in [0, 0.05) is 0 Å². The van der Waals surface area contributed by atoms with Gasteiger partial charge in [-0.2, -0.15) is 0 Å². The van der Waals surface area contributed by atoms with Crippen molar-refractivity contribution in [3.63, 3.8) is 0 Å². The molecule has 0 aliphatic rings. The zero-order valence-corrected chi connectivity index (χ0v) is 12.1. The Morgan fingerprint density at radius 1 is 1.18 bits per heavy atom. The number of hydrogen-bond acceptors (Lipinski definition) is 2. The molecule has 0 saturated carbocycles. The van der Waals surface area contributed by atoms with Crippen LogP contribution in [0.15, 0.2) is 0 Å². The fourth-order valence-electron chi connectivity index (χ4n) is 2.19. The lowest BCUT2D eigenvalue weighted by Crippen LogP contribution is -2.43. The number of hydrogen-bond donors (Lipinski definition) is 2. The molecule has 2 atom stereocenters. The molecule has 0 rings (SSSR count). The van der Waals surface area contributed by atoms with Crippen LogP contribution in [-0.4, -0.2) is 22.3 Å². The molecule has 0 bridgehead atoms. The summed E-state index contributed by atoms with van der Waals surface area (Å²) in [6, 6.07) is 0. The highest BCUT2D eigenvalue weighted by Gasteiger charge is 2.46. The Morgan fingerprint density at radius 2 is 1.65 bits per heavy atom. The van der Waals surface area contributed by atoms with E-state index >= 15 is 0 Å². The summed E-state index contributed by atoms with van der Waals surface area (Å²) in [7, 11) is 0. The van der Waals surface area contributed by atoms with Crippen LogP contribution in [0.2, 0.25) is 0 Å². The monoisotopic (exact) mass is 244 g/mol. The third-order valence-electron chi connectivity index (χ3n) is 4.06. The molecule has 0 aliphatic heterocycles. The van der Waals surface area contributed by atoms with E-state index in [0.717, 1.165) is 12.8 Å². The number of carbonyl (C=O) groups is 1. The predicted octanol–water partition coefficient (Wildman–Crippen LogP) is 3.31. The van der Waals surface area contributed by atoms with E-state index in [9.17, 15) is 15.0 Å². The third-order valence-corrected chi connectivity index (χ3v) is 4.06. The van der Waals surface area contributed by atoms with Crippen LogP contribution >= 0.6 is 0 Å². The van der Waals surface area contributed by atoms with Crippen molar-refractivity contribution in [1.82, 2.24) is 0 Å². The maximum absolute atomic E-state index is 11.4. The lowest BCUT2D eigenvalue weighted by atomic mass is 9.61. The average molecular weight is 244 g/mol. The second-order valence-corrected chi connectivity index (χ2v) is 6.48. The van der Waals surface area contributed by atoms with Crippen molar-refractivity contribution >= 4 is 5.97 Å². The van der Waals surface area contributed by atoms with Gasteiger partial charge < -0.3 is 10.2 Å². The predicted molar refractivity (Wildman–Crippen MR) is 69.9 cm³/mol. The van der Waals surface area contributed by atoms with E-state index in [0.29, 0.717) is 12.3 Å². The van der Waals surface area contributed by atoms with E-state index in [4.69, 9.17) is 0 Å². The number of carboxylic acid groups (broad SMARTS) is 1. The molecule has 0 heterocycles. The van der Waals surface area contributed by atoms with E-state index in [2.05, 4.69) is 13.8 Å². The van der Waals surface area contributed by atoms with Crippen LogP contribution in [0.4, 0.5) is 0 Å². The smallest absolute Gasteiger partial charge is 0.309 e. The minimum absolute atomic E-state index is 0.378. The van der Waals surface area contributed by atoms with E-state index in [1.54, 1.807) is 20.8 Å². The molecule has 102 valence electrons. The van der Waals surface area contributed by atoms with Gasteiger partial charge in [0.1, 0.15) is 0 Å². The largest absolute Gasteiger partial charge is 0.481 e. The first-order valence-corrected chi connectivity index (χ1v) is 6.44. The molecule has 0 aliphatic carbocycles. The zero-order valence-electron chi connectivity index (χ0n) is 12.1. The van der Waals surface area contributed by atoms with Gasteiger partial charge in [-0.3, -0.25) is 4.79 Å². The standard InChI is InChI=1S/C14H28O3/c1-10(2)7-8-14(6,9-11(3)15)13(4,5)12(16)17/h10-11,15H,7-9H2,1-6H3,(H,16,17). The van der Waals surface area contributed by atoms with Crippen molar-refractivity contribution < 1.29 is 15.0 Å². The van der Waals surface area contributed by atoms with Gasteiger partial charge in [0.25, 0.3) is 0 Å². The summed E-state index contributed by atoms with van der Waals surface area (Å²) in [6.07, 6.45) is 1.87. The summed E-state index contributed by atoms with van der Waals surface area (Å²) in [5.74, 6) is -0.239. The summed E-state index contributed by atoms with van der Waals surface area (Å²) in [6.45, 7) is 11.5. The van der Waals surface area contributed by atoms with E-state index in [1.807, 2.05) is 6.92 Å². The highest BCUT2D eigenvalue weighted by Crippen LogP contribution is 2.47. The van der Waals surface area contributed by atoms with Gasteiger partial charge in [-0.15, -0.1) is 0 Å². The molecule has 0 aromatic carbocycles. The molecule has 0 amide bonds. The van der Waals surface area contributed by atoms with Crippen LogP contribution in [0, 0.1) is 16.7 Å². The Labute approximate surface area is 105 Å². The fourth-order valence-corrected chi connectivity index (χ4v) is 2.19. The molecule has 0 aromatic heterocycles. The second kappa shape index (κ2) is 5.85. The summed E-state index contributed by atoms with van der Waals surface area (Å²) in [5.41, 5.74) is -1.20. The van der Waals surface area contributed by atoms with Crippen molar-refractivity contribution in [2.75, 3.05) is 0 Å². The molecule has 3 heteroatoms. The lowest BCUT2D eigenvalue weighted by Gasteiger charge is -2.43. The highest BCUT2D eigenvalue weighted by atomic mass is 16.4. The Balaban J connectivity index is 5.02. The summed E-state index contributed by atoms with van der Waals surface area (Å²) in [5, 5.41) is 19.0. The van der Waals surface area contributed by atoms with Gasteiger partial charge in [-0.1, -0.05) is 27.2 Å². The molecule has 0 spiro atoms. The topological polar surface area (TPSA) is 57.5 Å². The Kier molecular flexibility index (Phi) is 5.66. The molecule has 0 aromatic rings. The van der Waals surface area contributed by atoms with E-state index < -0.39 is 17.5 Å². The Hall–Kier alpha value is -0.570. The van der Waals surface area contributed by atoms with Gasteiger partial charge in [0.05, 0.1) is 11.5 Å². The molecule has 17 heavy (non-hydrogen) atoms. The summed E-state index contributed by atoms with van der Waals surface area (Å²) in [4.78, 5) is 11.4. The van der Waals surface area contributed by atoms with Crippen molar-refractivity contribution in [3.8, 4) is 0 Å². The maximum atomic E-state index is 11.4. The molecular weight excluding hydrogens is 216 g/mol. The minimum Gasteiger partial charge on any atom is -0.481 e. The molecule has 2 N–H and O–H groups in total. The summed E-state index contributed by atoms with van der Waals surface area (Å²) < 4.78 is 0. The van der Waals surface area contributed by atoms with Crippen LogP contribution in [-0.2, 0) is 4.79 Å². The first kappa shape index (κ1) is 16.4. The van der Waals surface area contributed by atoms with Crippen LogP contribution in [0.3, 0.4) is 0 Å². The fraction of sp³-hybridized carbons (Fsp3) is 0.929. The number of carboxylic acids is 1. The zero-order chi connectivity index (χ0) is 13.9. The SMILES string of the molecule is CC(C)CCC(C)(CC(C)O)C(C)(C)C(=O)O. The van der Waals surface area contributed by atoms with Crippen molar-refractivity contribution in [2.45, 2.75) is 66.9 Å². The number of aliphatic hydroxyl groups excluding tert-OH is 1. The van der Waals surface area contributed by atoms with Crippen LogP contribution < -0.4 is 0 Å². The number of rotatable bonds is 7. The quantitative estimate of drug-likeness (QED) is 0.722. The van der Waals surface area contributed by atoms with Gasteiger partial charge in [-0.25, -0.2) is 0 Å². The molecule has 0 fully saturated rings. The molecule has 0 radical (unpaired) electrons. The van der Waals surface area contributed by atoms with Crippen LogP contribution in [0.1, 0.15) is 60.8 Å². The minimum atomic E-state index is -0.821. The summed E-state index contributed by atoms with van der Waals surface area (Å²) >= 11 is 0. The van der Waals surface area contributed by atoms with Crippen molar-refractivity contribution in [1.29, 1.82) is 0 Å². The maximum Gasteiger partial charge on any atom is 0.309 e. The lowest BCUT2D eigenvalue weighted by molar-refractivity contribution is -0.156. The first-order valence-electron chi connectivity index (χ1n) is 6.44. The molecule has 3 nitrogen and oxygen atoms in total. The Bertz CT molecular complexity index is 256. The van der Waals surface area contributed by atoms with Crippen molar-refractivity contribution in [3.05, 3.63) is 0 Å². The Morgan fingerprint density at radius 3 is 1.94 bits per heavy atom. The van der Waals surface area contributed by atoms with E-state index in [1.165, 1.54) is 0 Å². The average Bonchev–Trinajstić information content (AvgIpc) is 2.13. The van der Waals surface area contributed by atoms with Gasteiger partial charge in [0.2, 0.25) is 0 Å². The molecule has 0 saturated heterocycles. The van der Waals surface area contributed by atoms with Crippen LogP contribution in [0.25, 0.3) is 0 Å². The molecule has 2 unspecified atom stereocenters. The second-order valence-electron chi connectivity index (χ2n) is 6.48. The van der Waals surface area contributed by atoms with Crippen LogP contribution in [0.5, 0.6) is 0 Å². The highest BCUT2D eigenvalue weighted by molar-refractivity contribution is 5.74. The van der Waals surface area contributed by atoms with Gasteiger partial charge in [0.15, 0.2) is 0 Å². The number of aliphatic carboxylic acids is 1. The van der Waals surface area contributed by atoms with E-state index in [-0.39, 0.29) is 5.41 Å². The van der Waals surface area contributed by atoms with Crippen molar-refractivity contribution in [2.24, 2.45) is 16.7 Å². The van der Waals surface area contributed by atoms with Gasteiger partial charge >= 0.3 is 5.97 Å². The molecular formula is C14H28O3. The van der Waals surface area contributed by atoms with Gasteiger partial charge in [-0.05, 0) is 44.9 Å².